The van der Waals surface area contributed by atoms with Crippen molar-refractivity contribution >= 4 is 11.0 Å². The van der Waals surface area contributed by atoms with Gasteiger partial charge in [0.2, 0.25) is 0 Å². The minimum Gasteiger partial charge on any atom is -0.488 e. The van der Waals surface area contributed by atoms with Crippen LogP contribution in [0.3, 0.4) is 0 Å². The Labute approximate surface area is 173 Å². The van der Waals surface area contributed by atoms with E-state index in [-0.39, 0.29) is 17.4 Å². The molecule has 1 aliphatic heterocycles. The number of nitrogens with zero attached hydrogens (tertiary/aromatic N) is 2. The normalized spacial score (nSPS) is 18.0. The summed E-state index contributed by atoms with van der Waals surface area (Å²) >= 11 is 0. The Morgan fingerprint density at radius 3 is 2.50 bits per heavy atom. The predicted molar refractivity (Wildman–Crippen MR) is 115 cm³/mol. The van der Waals surface area contributed by atoms with Crippen LogP contribution in [0.1, 0.15) is 28.8 Å². The maximum Gasteiger partial charge on any atom is 0.196 e. The van der Waals surface area contributed by atoms with Crippen LogP contribution in [0.15, 0.2) is 104 Å². The van der Waals surface area contributed by atoms with Crippen LogP contribution >= 0.6 is 0 Å². The van der Waals surface area contributed by atoms with Crippen molar-refractivity contribution in [2.24, 2.45) is 10.2 Å². The van der Waals surface area contributed by atoms with E-state index in [4.69, 9.17) is 9.15 Å². The second-order valence-corrected chi connectivity index (χ2v) is 7.32. The summed E-state index contributed by atoms with van der Waals surface area (Å²) in [6.07, 6.45) is 0. The Morgan fingerprint density at radius 2 is 1.70 bits per heavy atom. The first-order valence-electron chi connectivity index (χ1n) is 9.94. The molecular weight excluding hydrogens is 376 g/mol. The lowest BCUT2D eigenvalue weighted by Crippen LogP contribution is -2.11. The van der Waals surface area contributed by atoms with Gasteiger partial charge in [-0.3, -0.25) is 4.79 Å². The van der Waals surface area contributed by atoms with Crippen molar-refractivity contribution in [2.45, 2.75) is 18.6 Å². The van der Waals surface area contributed by atoms with Gasteiger partial charge in [0.25, 0.3) is 0 Å². The molecule has 3 aromatic carbocycles. The standard InChI is InChI=1S/C25H20N2O3/c28-20-14-23(25-19(15-26-27-25)18-10-5-2-6-11-18)30-22-13-7-12-21(24(20)22)29-16-17-8-3-1-4-9-17/h1-14,19,25H,15-16H2. The van der Waals surface area contributed by atoms with Gasteiger partial charge in [0.15, 0.2) is 5.43 Å². The third kappa shape index (κ3) is 3.50. The van der Waals surface area contributed by atoms with Crippen LogP contribution in [-0.2, 0) is 6.61 Å². The van der Waals surface area contributed by atoms with Crippen molar-refractivity contribution in [3.8, 4) is 5.75 Å². The summed E-state index contributed by atoms with van der Waals surface area (Å²) < 4.78 is 12.1. The van der Waals surface area contributed by atoms with Crippen LogP contribution < -0.4 is 10.2 Å². The largest absolute Gasteiger partial charge is 0.488 e. The van der Waals surface area contributed by atoms with E-state index in [2.05, 4.69) is 22.4 Å². The first-order valence-corrected chi connectivity index (χ1v) is 9.94. The SMILES string of the molecule is O=c1cc(C2N=NCC2c2ccccc2)oc2cccc(OCc3ccccc3)c12. The molecule has 0 N–H and O–H groups in total. The monoisotopic (exact) mass is 396 g/mol. The molecular formula is C25H20N2O3. The highest BCUT2D eigenvalue weighted by Crippen LogP contribution is 2.39. The molecule has 0 saturated heterocycles. The third-order valence-corrected chi connectivity index (χ3v) is 5.36. The second-order valence-electron chi connectivity index (χ2n) is 7.32. The van der Waals surface area contributed by atoms with Gasteiger partial charge in [0, 0.05) is 12.0 Å². The molecule has 5 nitrogen and oxygen atoms in total. The highest BCUT2D eigenvalue weighted by atomic mass is 16.5. The minimum atomic E-state index is -0.307. The molecule has 0 bridgehead atoms. The van der Waals surface area contributed by atoms with E-state index < -0.39 is 0 Å². The molecule has 2 atom stereocenters. The molecule has 5 heteroatoms. The quantitative estimate of drug-likeness (QED) is 0.437. The molecule has 1 aliphatic rings. The second kappa shape index (κ2) is 7.95. The summed E-state index contributed by atoms with van der Waals surface area (Å²) in [6, 6.07) is 26.6. The molecule has 148 valence electrons. The van der Waals surface area contributed by atoms with E-state index >= 15 is 0 Å². The van der Waals surface area contributed by atoms with Crippen molar-refractivity contribution in [2.75, 3.05) is 6.54 Å². The van der Waals surface area contributed by atoms with Gasteiger partial charge in [-0.05, 0) is 23.3 Å². The smallest absolute Gasteiger partial charge is 0.196 e. The van der Waals surface area contributed by atoms with Crippen LogP contribution in [0.4, 0.5) is 0 Å². The fourth-order valence-corrected chi connectivity index (χ4v) is 3.84. The number of benzene rings is 3. The molecule has 30 heavy (non-hydrogen) atoms. The van der Waals surface area contributed by atoms with Crippen molar-refractivity contribution in [3.05, 3.63) is 112 Å². The summed E-state index contributed by atoms with van der Waals surface area (Å²) in [6.45, 7) is 0.963. The predicted octanol–water partition coefficient (Wildman–Crippen LogP) is 5.66. The molecule has 0 amide bonds. The Morgan fingerprint density at radius 1 is 0.933 bits per heavy atom. The van der Waals surface area contributed by atoms with Crippen molar-refractivity contribution in [3.63, 3.8) is 0 Å². The number of ether oxygens (including phenoxy) is 1. The number of hydrogen-bond donors (Lipinski definition) is 0. The highest BCUT2D eigenvalue weighted by molar-refractivity contribution is 5.83. The molecule has 2 heterocycles. The summed E-state index contributed by atoms with van der Waals surface area (Å²) in [7, 11) is 0. The molecule has 0 radical (unpaired) electrons. The van der Waals surface area contributed by atoms with E-state index in [1.54, 1.807) is 12.1 Å². The molecule has 2 unspecified atom stereocenters. The van der Waals surface area contributed by atoms with Crippen LogP contribution in [0.25, 0.3) is 11.0 Å². The molecule has 0 fully saturated rings. The molecule has 0 spiro atoms. The van der Waals surface area contributed by atoms with Crippen LogP contribution in [0, 0.1) is 0 Å². The van der Waals surface area contributed by atoms with Crippen molar-refractivity contribution in [1.82, 2.24) is 0 Å². The highest BCUT2D eigenvalue weighted by Gasteiger charge is 2.31. The van der Waals surface area contributed by atoms with Gasteiger partial charge in [0.1, 0.15) is 35.1 Å². The van der Waals surface area contributed by atoms with E-state index in [1.165, 1.54) is 6.07 Å². The average Bonchev–Trinajstić information content (AvgIpc) is 3.29. The summed E-state index contributed by atoms with van der Waals surface area (Å²) in [5.41, 5.74) is 2.53. The Kier molecular flexibility index (Phi) is 4.85. The van der Waals surface area contributed by atoms with Gasteiger partial charge in [0.05, 0.1) is 6.54 Å². The first kappa shape index (κ1) is 18.3. The number of hydrogen-bond acceptors (Lipinski definition) is 5. The third-order valence-electron chi connectivity index (χ3n) is 5.36. The number of fused-ring (bicyclic) bond motifs is 1. The lowest BCUT2D eigenvalue weighted by atomic mass is 9.91. The molecule has 1 aromatic heterocycles. The number of rotatable bonds is 5. The van der Waals surface area contributed by atoms with Crippen LogP contribution in [0.2, 0.25) is 0 Å². The van der Waals surface area contributed by atoms with Gasteiger partial charge in [-0.2, -0.15) is 10.2 Å². The topological polar surface area (TPSA) is 64.2 Å². The summed E-state index contributed by atoms with van der Waals surface area (Å²) in [5, 5.41) is 9.05. The number of azo groups is 1. The fraction of sp³-hybridized carbons (Fsp3) is 0.160. The van der Waals surface area contributed by atoms with E-state index in [1.807, 2.05) is 54.6 Å². The minimum absolute atomic E-state index is 0.0595. The Bertz CT molecular complexity index is 1250. The first-order chi connectivity index (χ1) is 14.8. The van der Waals surface area contributed by atoms with Crippen LogP contribution in [-0.4, -0.2) is 6.54 Å². The fourth-order valence-electron chi connectivity index (χ4n) is 3.84. The molecule has 0 aliphatic carbocycles. The summed E-state index contributed by atoms with van der Waals surface area (Å²) in [5.74, 6) is 1.11. The van der Waals surface area contributed by atoms with Gasteiger partial charge in [-0.15, -0.1) is 0 Å². The Hall–Kier alpha value is -3.73. The van der Waals surface area contributed by atoms with E-state index in [9.17, 15) is 4.79 Å². The Balaban J connectivity index is 1.49. The zero-order chi connectivity index (χ0) is 20.3. The van der Waals surface area contributed by atoms with Crippen LogP contribution in [0.5, 0.6) is 5.75 Å². The van der Waals surface area contributed by atoms with Gasteiger partial charge < -0.3 is 9.15 Å². The lowest BCUT2D eigenvalue weighted by molar-refractivity contribution is 0.309. The maximum absolute atomic E-state index is 13.0. The zero-order valence-electron chi connectivity index (χ0n) is 16.3. The van der Waals surface area contributed by atoms with E-state index in [0.29, 0.717) is 35.6 Å². The zero-order valence-corrected chi connectivity index (χ0v) is 16.3. The van der Waals surface area contributed by atoms with Gasteiger partial charge in [-0.25, -0.2) is 0 Å². The van der Waals surface area contributed by atoms with Gasteiger partial charge >= 0.3 is 0 Å². The van der Waals surface area contributed by atoms with Crippen molar-refractivity contribution < 1.29 is 9.15 Å². The molecule has 0 saturated carbocycles. The summed E-state index contributed by atoms with van der Waals surface area (Å²) in [4.78, 5) is 13.0. The maximum atomic E-state index is 13.0. The average molecular weight is 396 g/mol. The van der Waals surface area contributed by atoms with Gasteiger partial charge in [-0.1, -0.05) is 66.7 Å². The van der Waals surface area contributed by atoms with Crippen molar-refractivity contribution in [1.29, 1.82) is 0 Å². The van der Waals surface area contributed by atoms with E-state index in [0.717, 1.165) is 11.1 Å². The molecule has 4 aromatic rings. The molecule has 5 rings (SSSR count). The lowest BCUT2D eigenvalue weighted by Gasteiger charge is -2.16.